The summed E-state index contributed by atoms with van der Waals surface area (Å²) in [4.78, 5) is 0. The van der Waals surface area contributed by atoms with Crippen molar-refractivity contribution in [1.29, 1.82) is 0 Å². The molecule has 0 aromatic heterocycles. The molecule has 2 heterocycles. The lowest BCUT2D eigenvalue weighted by Crippen LogP contribution is -2.14. The Morgan fingerprint density at radius 1 is 1.04 bits per heavy atom. The minimum atomic E-state index is -3.57. The van der Waals surface area contributed by atoms with Crippen LogP contribution in [0.3, 0.4) is 0 Å². The van der Waals surface area contributed by atoms with E-state index in [4.69, 9.17) is 23.3 Å². The zero-order chi connectivity index (χ0) is 18.9. The van der Waals surface area contributed by atoms with Crippen molar-refractivity contribution in [3.63, 3.8) is 0 Å². The van der Waals surface area contributed by atoms with Crippen LogP contribution in [0.15, 0.2) is 42.5 Å². The Morgan fingerprint density at radius 3 is 2.37 bits per heavy atom. The van der Waals surface area contributed by atoms with Gasteiger partial charge in [0.05, 0.1) is 13.2 Å². The van der Waals surface area contributed by atoms with E-state index in [0.717, 1.165) is 11.1 Å². The van der Waals surface area contributed by atoms with Gasteiger partial charge in [-0.25, -0.2) is 0 Å². The average Bonchev–Trinajstić information content (AvgIpc) is 3.13. The number of hydrogen-bond donors (Lipinski definition) is 0. The van der Waals surface area contributed by atoms with Crippen LogP contribution < -0.4 is 9.47 Å². The molecular formula is C20H21O6P. The molecule has 0 bridgehead atoms. The lowest BCUT2D eigenvalue weighted by Gasteiger charge is -2.32. The smallest absolute Gasteiger partial charge is 0.375 e. The average molecular weight is 388 g/mol. The fourth-order valence-electron chi connectivity index (χ4n) is 3.19. The fraction of sp³-hybridized carbons (Fsp3) is 0.300. The van der Waals surface area contributed by atoms with Gasteiger partial charge in [-0.05, 0) is 37.6 Å². The molecule has 0 N–H and O–H groups in total. The van der Waals surface area contributed by atoms with Gasteiger partial charge in [-0.15, -0.1) is 0 Å². The Labute approximate surface area is 158 Å². The summed E-state index contributed by atoms with van der Waals surface area (Å²) in [6, 6.07) is 13.3. The Balaban J connectivity index is 1.85. The van der Waals surface area contributed by atoms with Crippen molar-refractivity contribution in [3.8, 4) is 11.5 Å². The van der Waals surface area contributed by atoms with Gasteiger partial charge in [0.25, 0.3) is 0 Å². The van der Waals surface area contributed by atoms with Crippen LogP contribution in [-0.2, 0) is 18.3 Å². The third-order valence-corrected chi connectivity index (χ3v) is 6.53. The van der Waals surface area contributed by atoms with Crippen molar-refractivity contribution in [3.05, 3.63) is 59.2 Å². The molecule has 2 aromatic carbocycles. The normalized spacial score (nSPS) is 17.9. The maximum Gasteiger partial charge on any atom is 0.375 e. The SMILES string of the molecule is CCOP(=O)(OCC)C1OC(c2ccccc2)=Cc2cc3c(cc21)OCO3. The maximum absolute atomic E-state index is 13.5. The zero-order valence-corrected chi connectivity index (χ0v) is 16.1. The lowest BCUT2D eigenvalue weighted by molar-refractivity contribution is 0.145. The molecule has 2 aliphatic heterocycles. The summed E-state index contributed by atoms with van der Waals surface area (Å²) in [5.74, 6) is 0.966. The van der Waals surface area contributed by atoms with Crippen molar-refractivity contribution in [2.45, 2.75) is 19.7 Å². The predicted molar refractivity (Wildman–Crippen MR) is 102 cm³/mol. The molecule has 0 spiro atoms. The van der Waals surface area contributed by atoms with Crippen molar-refractivity contribution >= 4 is 19.4 Å². The van der Waals surface area contributed by atoms with Gasteiger partial charge >= 0.3 is 7.60 Å². The highest BCUT2D eigenvalue weighted by atomic mass is 31.2. The molecule has 1 atom stereocenters. The van der Waals surface area contributed by atoms with E-state index in [9.17, 15) is 4.57 Å². The first-order chi connectivity index (χ1) is 13.1. The summed E-state index contributed by atoms with van der Waals surface area (Å²) in [6.45, 7) is 4.22. The highest BCUT2D eigenvalue weighted by molar-refractivity contribution is 7.54. The summed E-state index contributed by atoms with van der Waals surface area (Å²) < 4.78 is 41.9. The van der Waals surface area contributed by atoms with Crippen LogP contribution >= 0.6 is 7.60 Å². The van der Waals surface area contributed by atoms with Crippen LogP contribution in [0.4, 0.5) is 0 Å². The maximum atomic E-state index is 13.5. The molecule has 2 aromatic rings. The first-order valence-corrected chi connectivity index (χ1v) is 10.5. The molecule has 0 amide bonds. The number of ether oxygens (including phenoxy) is 3. The second-order valence-corrected chi connectivity index (χ2v) is 8.12. The van der Waals surface area contributed by atoms with Crippen LogP contribution in [0.1, 0.15) is 36.4 Å². The molecule has 6 nitrogen and oxygen atoms in total. The van der Waals surface area contributed by atoms with Crippen molar-refractivity contribution in [2.75, 3.05) is 20.0 Å². The van der Waals surface area contributed by atoms with Crippen LogP contribution in [-0.4, -0.2) is 20.0 Å². The second-order valence-electron chi connectivity index (χ2n) is 6.05. The third-order valence-electron chi connectivity index (χ3n) is 4.33. The molecule has 27 heavy (non-hydrogen) atoms. The zero-order valence-electron chi connectivity index (χ0n) is 15.2. The van der Waals surface area contributed by atoms with Gasteiger partial charge in [0, 0.05) is 11.1 Å². The Morgan fingerprint density at radius 2 is 1.70 bits per heavy atom. The van der Waals surface area contributed by atoms with E-state index in [1.807, 2.05) is 42.5 Å². The predicted octanol–water partition coefficient (Wildman–Crippen LogP) is 5.21. The molecule has 0 saturated carbocycles. The monoisotopic (exact) mass is 388 g/mol. The third kappa shape index (κ3) is 3.36. The molecule has 2 aliphatic rings. The molecule has 0 saturated heterocycles. The summed E-state index contributed by atoms with van der Waals surface area (Å²) in [5, 5.41) is 0. The molecule has 142 valence electrons. The number of fused-ring (bicyclic) bond motifs is 2. The highest BCUT2D eigenvalue weighted by Gasteiger charge is 2.43. The van der Waals surface area contributed by atoms with Gasteiger partial charge in [0.1, 0.15) is 5.76 Å². The van der Waals surface area contributed by atoms with Crippen LogP contribution in [0.2, 0.25) is 0 Å². The Bertz CT molecular complexity index is 898. The standard InChI is InChI=1S/C20H21O6P/c1-3-24-27(21,25-4-2)20-16-12-19-18(22-13-23-19)11-15(16)10-17(26-20)14-8-6-5-7-9-14/h5-12,20H,3-4,13H2,1-2H3. The summed E-state index contributed by atoms with van der Waals surface area (Å²) >= 11 is 0. The molecule has 4 rings (SSSR count). The molecule has 0 fully saturated rings. The van der Waals surface area contributed by atoms with Crippen LogP contribution in [0, 0.1) is 0 Å². The molecule has 0 radical (unpaired) electrons. The minimum Gasteiger partial charge on any atom is -0.472 e. The number of benzene rings is 2. The van der Waals surface area contributed by atoms with E-state index < -0.39 is 13.4 Å². The van der Waals surface area contributed by atoms with Gasteiger partial charge in [-0.3, -0.25) is 4.57 Å². The highest BCUT2D eigenvalue weighted by Crippen LogP contribution is 2.65. The minimum absolute atomic E-state index is 0.160. The van der Waals surface area contributed by atoms with E-state index in [0.29, 0.717) is 22.8 Å². The Kier molecular flexibility index (Phi) is 4.96. The van der Waals surface area contributed by atoms with Crippen molar-refractivity contribution in [1.82, 2.24) is 0 Å². The molecule has 0 aliphatic carbocycles. The van der Waals surface area contributed by atoms with Gasteiger partial charge in [0.2, 0.25) is 12.6 Å². The Hall–Kier alpha value is -2.27. The molecule has 7 heteroatoms. The first-order valence-electron chi connectivity index (χ1n) is 8.90. The quantitative estimate of drug-likeness (QED) is 0.633. The fourth-order valence-corrected chi connectivity index (χ4v) is 5.06. The first kappa shape index (κ1) is 18.1. The van der Waals surface area contributed by atoms with Crippen LogP contribution in [0.5, 0.6) is 11.5 Å². The molecular weight excluding hydrogens is 367 g/mol. The van der Waals surface area contributed by atoms with Gasteiger partial charge in [-0.1, -0.05) is 30.3 Å². The second kappa shape index (κ2) is 7.39. The van der Waals surface area contributed by atoms with E-state index in [1.54, 1.807) is 19.9 Å². The molecule has 1 unspecified atom stereocenters. The van der Waals surface area contributed by atoms with E-state index >= 15 is 0 Å². The van der Waals surface area contributed by atoms with Gasteiger partial charge < -0.3 is 23.3 Å². The van der Waals surface area contributed by atoms with Crippen molar-refractivity contribution in [2.24, 2.45) is 0 Å². The van der Waals surface area contributed by atoms with Gasteiger partial charge in [-0.2, -0.15) is 0 Å². The number of rotatable bonds is 6. The summed E-state index contributed by atoms with van der Waals surface area (Å²) in [7, 11) is -3.57. The number of hydrogen-bond acceptors (Lipinski definition) is 6. The summed E-state index contributed by atoms with van der Waals surface area (Å²) in [5.41, 5.74) is 2.42. The van der Waals surface area contributed by atoms with E-state index in [-0.39, 0.29) is 20.0 Å². The van der Waals surface area contributed by atoms with Gasteiger partial charge in [0.15, 0.2) is 11.5 Å². The van der Waals surface area contributed by atoms with Crippen molar-refractivity contribution < 1.29 is 27.8 Å². The topological polar surface area (TPSA) is 63.2 Å². The summed E-state index contributed by atoms with van der Waals surface area (Å²) in [6.07, 6.45) is 1.91. The largest absolute Gasteiger partial charge is 0.472 e. The van der Waals surface area contributed by atoms with Crippen LogP contribution in [0.25, 0.3) is 11.8 Å². The van der Waals surface area contributed by atoms with E-state index in [2.05, 4.69) is 0 Å². The van der Waals surface area contributed by atoms with E-state index in [1.165, 1.54) is 0 Å². The lowest BCUT2D eigenvalue weighted by atomic mass is 10.0.